The van der Waals surface area contributed by atoms with E-state index in [1.54, 1.807) is 41.0 Å². The average molecular weight is 263 g/mol. The van der Waals surface area contributed by atoms with Gasteiger partial charge in [-0.2, -0.15) is 0 Å². The van der Waals surface area contributed by atoms with Gasteiger partial charge in [0.1, 0.15) is 0 Å². The van der Waals surface area contributed by atoms with Crippen LogP contribution in [-0.4, -0.2) is 10.5 Å². The topological polar surface area (TPSA) is 56.1 Å². The van der Waals surface area contributed by atoms with Crippen LogP contribution in [-0.2, 0) is 0 Å². The summed E-state index contributed by atoms with van der Waals surface area (Å²) in [4.78, 5) is 36.3. The minimum atomic E-state index is -0.503. The summed E-state index contributed by atoms with van der Waals surface area (Å²) in [7, 11) is 0. The van der Waals surface area contributed by atoms with E-state index in [-0.39, 0.29) is 5.91 Å². The van der Waals surface area contributed by atoms with Crippen molar-refractivity contribution in [2.75, 3.05) is 0 Å². The van der Waals surface area contributed by atoms with Gasteiger partial charge in [-0.25, -0.2) is 0 Å². The van der Waals surface area contributed by atoms with Crippen molar-refractivity contribution < 1.29 is 4.79 Å². The lowest BCUT2D eigenvalue weighted by molar-refractivity contribution is 0.0946. The Bertz CT molecular complexity index is 1030. The van der Waals surface area contributed by atoms with Gasteiger partial charge in [-0.1, -0.05) is 24.3 Å². The van der Waals surface area contributed by atoms with E-state index >= 15 is 0 Å². The molecule has 0 atom stereocenters. The molecule has 0 aliphatic rings. The smallest absolute Gasteiger partial charge is 0.234 e. The first-order valence-corrected chi connectivity index (χ1v) is 6.27. The Balaban J connectivity index is 2.58. The monoisotopic (exact) mass is 263 g/mol. The molecule has 0 radical (unpaired) electrons. The molecule has 0 saturated heterocycles. The Morgan fingerprint density at radius 2 is 1.30 bits per heavy atom. The molecule has 20 heavy (non-hydrogen) atoms. The fourth-order valence-corrected chi connectivity index (χ4v) is 3.07. The number of rotatable bonds is 0. The molecule has 0 unspecified atom stereocenters. The maximum absolute atomic E-state index is 12.2. The zero-order chi connectivity index (χ0) is 14.0. The summed E-state index contributed by atoms with van der Waals surface area (Å²) in [5.74, 6) is -0.138. The number of aromatic nitrogens is 1. The van der Waals surface area contributed by atoms with Crippen LogP contribution in [0, 0.1) is 0 Å². The Morgan fingerprint density at radius 3 is 1.70 bits per heavy atom. The Morgan fingerprint density at radius 1 is 0.850 bits per heavy atom. The zero-order valence-electron chi connectivity index (χ0n) is 10.6. The van der Waals surface area contributed by atoms with E-state index in [4.69, 9.17) is 0 Å². The fraction of sp³-hybridized carbons (Fsp3) is 0.0625. The number of hydrogen-bond acceptors (Lipinski definition) is 3. The van der Waals surface area contributed by atoms with E-state index in [9.17, 15) is 14.4 Å². The molecule has 3 aromatic carbocycles. The van der Waals surface area contributed by atoms with E-state index in [0.29, 0.717) is 32.6 Å². The first kappa shape index (κ1) is 11.1. The summed E-state index contributed by atoms with van der Waals surface area (Å²) in [6.45, 7) is 1.47. The maximum Gasteiger partial charge on any atom is 0.234 e. The lowest BCUT2D eigenvalue weighted by Gasteiger charge is -2.00. The van der Waals surface area contributed by atoms with E-state index in [2.05, 4.69) is 0 Å². The van der Waals surface area contributed by atoms with Crippen molar-refractivity contribution in [2.24, 2.45) is 0 Å². The first-order chi connectivity index (χ1) is 9.61. The highest BCUT2D eigenvalue weighted by Gasteiger charge is 2.20. The van der Waals surface area contributed by atoms with Gasteiger partial charge in [0.15, 0.2) is 0 Å². The molecule has 0 amide bonds. The molecule has 1 aromatic heterocycles. The molecule has 0 aliphatic carbocycles. The van der Waals surface area contributed by atoms with Crippen molar-refractivity contribution in [3.8, 4) is 0 Å². The minimum Gasteiger partial charge on any atom is -0.285 e. The van der Waals surface area contributed by atoms with Crippen LogP contribution in [0.15, 0.2) is 46.0 Å². The molecular weight excluding hydrogens is 254 g/mol. The average Bonchev–Trinajstić information content (AvgIpc) is 2.78. The van der Waals surface area contributed by atoms with Gasteiger partial charge in [0.25, 0.3) is 0 Å². The number of carbonyl (C=O) groups is 1. The van der Waals surface area contributed by atoms with E-state index in [1.165, 1.54) is 6.92 Å². The normalized spacial score (nSPS) is 11.8. The second-order valence-corrected chi connectivity index (χ2v) is 4.91. The predicted octanol–water partition coefficient (Wildman–Crippen LogP) is 2.20. The summed E-state index contributed by atoms with van der Waals surface area (Å²) in [5.41, 5.74) is 0.352. The van der Waals surface area contributed by atoms with Crippen LogP contribution in [0.5, 0.6) is 0 Å². The van der Waals surface area contributed by atoms with Gasteiger partial charge >= 0.3 is 0 Å². The highest BCUT2D eigenvalue weighted by atomic mass is 16.2. The van der Waals surface area contributed by atoms with Crippen molar-refractivity contribution in [3.63, 3.8) is 0 Å². The second kappa shape index (κ2) is 3.42. The van der Waals surface area contributed by atoms with Crippen LogP contribution in [0.4, 0.5) is 0 Å². The Kier molecular flexibility index (Phi) is 1.90. The van der Waals surface area contributed by atoms with Gasteiger partial charge in [-0.15, -0.1) is 0 Å². The van der Waals surface area contributed by atoms with Gasteiger partial charge in [-0.3, -0.25) is 19.0 Å². The van der Waals surface area contributed by atoms with E-state index < -0.39 is 10.9 Å². The molecule has 0 bridgehead atoms. The molecule has 0 spiro atoms. The highest BCUT2D eigenvalue weighted by molar-refractivity contribution is 6.25. The third-order valence-corrected chi connectivity index (χ3v) is 3.83. The Hall–Kier alpha value is -2.75. The van der Waals surface area contributed by atoms with Crippen LogP contribution in [0.25, 0.3) is 32.6 Å². The third-order valence-electron chi connectivity index (χ3n) is 3.83. The van der Waals surface area contributed by atoms with Crippen LogP contribution in [0.1, 0.15) is 11.7 Å². The van der Waals surface area contributed by atoms with Gasteiger partial charge in [0.05, 0.1) is 11.0 Å². The molecular formula is C16H9NO3. The van der Waals surface area contributed by atoms with Crippen molar-refractivity contribution in [1.82, 2.24) is 4.57 Å². The number of carbonyl (C=O) groups excluding carboxylic acids is 1. The second-order valence-electron chi connectivity index (χ2n) is 4.91. The molecule has 96 valence electrons. The molecule has 4 rings (SSSR count). The highest BCUT2D eigenvalue weighted by Crippen LogP contribution is 2.33. The largest absolute Gasteiger partial charge is 0.285 e. The number of benzene rings is 3. The number of nitrogens with zero attached hydrogens (tertiary/aromatic N) is 1. The lowest BCUT2D eigenvalue weighted by atomic mass is 10.0. The van der Waals surface area contributed by atoms with E-state index in [1.807, 2.05) is 0 Å². The summed E-state index contributed by atoms with van der Waals surface area (Å²) in [5, 5.41) is 2.18. The molecule has 0 N–H and O–H groups in total. The Labute approximate surface area is 112 Å². The van der Waals surface area contributed by atoms with Gasteiger partial charge < -0.3 is 0 Å². The quantitative estimate of drug-likeness (QED) is 0.361. The van der Waals surface area contributed by atoms with Crippen LogP contribution >= 0.6 is 0 Å². The molecule has 1 heterocycles. The number of hydrogen-bond donors (Lipinski definition) is 0. The predicted molar refractivity (Wildman–Crippen MR) is 78.2 cm³/mol. The molecule has 0 aliphatic heterocycles. The third kappa shape index (κ3) is 1.09. The summed E-state index contributed by atoms with van der Waals surface area (Å²) >= 11 is 0. The standard InChI is InChI=1S/C16H9NO3/c1-8(18)17-11-6-2-4-9-13(11)14-10(16(20)15(9)19)5-3-7-12(14)17/h2-7H,1H3. The molecule has 0 fully saturated rings. The molecule has 4 nitrogen and oxygen atoms in total. The first-order valence-electron chi connectivity index (χ1n) is 6.27. The van der Waals surface area contributed by atoms with Gasteiger partial charge in [0, 0.05) is 28.5 Å². The lowest BCUT2D eigenvalue weighted by Crippen LogP contribution is -2.23. The van der Waals surface area contributed by atoms with Crippen LogP contribution < -0.4 is 10.9 Å². The summed E-state index contributed by atoms with van der Waals surface area (Å²) in [6, 6.07) is 10.3. The molecule has 0 saturated carbocycles. The molecule has 4 aromatic rings. The minimum absolute atomic E-state index is 0.138. The van der Waals surface area contributed by atoms with Crippen molar-refractivity contribution in [2.45, 2.75) is 6.92 Å². The maximum atomic E-state index is 12.2. The summed E-state index contributed by atoms with van der Waals surface area (Å²) < 4.78 is 1.56. The zero-order valence-corrected chi connectivity index (χ0v) is 10.6. The van der Waals surface area contributed by atoms with Crippen molar-refractivity contribution in [1.29, 1.82) is 0 Å². The van der Waals surface area contributed by atoms with Crippen LogP contribution in [0.3, 0.4) is 0 Å². The van der Waals surface area contributed by atoms with Crippen molar-refractivity contribution >= 4 is 38.5 Å². The molecule has 4 heteroatoms. The SMILES string of the molecule is CC(=O)n1c2cccc3c(=O)c(=O)c4cccc1c4c32. The van der Waals surface area contributed by atoms with Crippen molar-refractivity contribution in [3.05, 3.63) is 56.8 Å². The summed E-state index contributed by atoms with van der Waals surface area (Å²) in [6.07, 6.45) is 0. The van der Waals surface area contributed by atoms with Gasteiger partial charge in [-0.05, 0) is 12.1 Å². The van der Waals surface area contributed by atoms with E-state index in [0.717, 1.165) is 0 Å². The van der Waals surface area contributed by atoms with Crippen LogP contribution in [0.2, 0.25) is 0 Å². The fourth-order valence-electron chi connectivity index (χ4n) is 3.07. The van der Waals surface area contributed by atoms with Gasteiger partial charge in [0.2, 0.25) is 16.8 Å².